The van der Waals surface area contributed by atoms with Gasteiger partial charge in [0.1, 0.15) is 5.75 Å². The third-order valence-corrected chi connectivity index (χ3v) is 3.93. The van der Waals surface area contributed by atoms with Crippen LogP contribution in [0.4, 0.5) is 0 Å². The summed E-state index contributed by atoms with van der Waals surface area (Å²) < 4.78 is 6.99. The standard InChI is InChI=1S/C20H20N2O2/c1-3-24-18-11-9-17(10-12-18)19-13-14-20(23)22(21-19)15(2)16-7-5-4-6-8-16/h4-15H,3H2,1-2H3. The van der Waals surface area contributed by atoms with Crippen molar-refractivity contribution in [1.82, 2.24) is 9.78 Å². The molecule has 24 heavy (non-hydrogen) atoms. The van der Waals surface area contributed by atoms with Crippen molar-refractivity contribution < 1.29 is 4.74 Å². The van der Waals surface area contributed by atoms with E-state index >= 15 is 0 Å². The third kappa shape index (κ3) is 3.38. The third-order valence-electron chi connectivity index (χ3n) is 3.93. The lowest BCUT2D eigenvalue weighted by Crippen LogP contribution is -2.26. The Morgan fingerprint density at radius 1 is 1.00 bits per heavy atom. The van der Waals surface area contributed by atoms with Crippen LogP contribution in [0, 0.1) is 0 Å². The summed E-state index contributed by atoms with van der Waals surface area (Å²) in [4.78, 5) is 12.2. The molecule has 0 aliphatic carbocycles. The Bertz CT molecular complexity index is 855. The van der Waals surface area contributed by atoms with Crippen molar-refractivity contribution in [2.45, 2.75) is 19.9 Å². The second kappa shape index (κ2) is 7.13. The number of benzene rings is 2. The largest absolute Gasteiger partial charge is 0.494 e. The minimum atomic E-state index is -0.124. The van der Waals surface area contributed by atoms with E-state index < -0.39 is 0 Å². The second-order valence-electron chi connectivity index (χ2n) is 5.55. The van der Waals surface area contributed by atoms with Gasteiger partial charge < -0.3 is 4.74 Å². The second-order valence-corrected chi connectivity index (χ2v) is 5.55. The highest BCUT2D eigenvalue weighted by atomic mass is 16.5. The summed E-state index contributed by atoms with van der Waals surface area (Å²) in [5, 5.41) is 4.56. The summed E-state index contributed by atoms with van der Waals surface area (Å²) in [7, 11) is 0. The maximum Gasteiger partial charge on any atom is 0.267 e. The van der Waals surface area contributed by atoms with Crippen molar-refractivity contribution >= 4 is 0 Å². The van der Waals surface area contributed by atoms with Gasteiger partial charge in [-0.15, -0.1) is 0 Å². The Kier molecular flexibility index (Phi) is 4.75. The van der Waals surface area contributed by atoms with E-state index in [4.69, 9.17) is 4.74 Å². The average molecular weight is 320 g/mol. The highest BCUT2D eigenvalue weighted by molar-refractivity contribution is 5.59. The number of nitrogens with zero attached hydrogens (tertiary/aromatic N) is 2. The molecule has 3 aromatic rings. The number of ether oxygens (including phenoxy) is 1. The molecule has 0 saturated heterocycles. The van der Waals surface area contributed by atoms with Crippen molar-refractivity contribution in [3.63, 3.8) is 0 Å². The van der Waals surface area contributed by atoms with Gasteiger partial charge in [0.2, 0.25) is 0 Å². The van der Waals surface area contributed by atoms with Gasteiger partial charge in [-0.3, -0.25) is 4.79 Å². The summed E-state index contributed by atoms with van der Waals surface area (Å²) in [5.74, 6) is 0.826. The van der Waals surface area contributed by atoms with Gasteiger partial charge in [0.15, 0.2) is 0 Å². The minimum absolute atomic E-state index is 0.110. The summed E-state index contributed by atoms with van der Waals surface area (Å²) in [6.07, 6.45) is 0. The molecule has 0 spiro atoms. The first kappa shape index (κ1) is 16.0. The van der Waals surface area contributed by atoms with Gasteiger partial charge in [-0.05, 0) is 49.7 Å². The topological polar surface area (TPSA) is 44.1 Å². The smallest absolute Gasteiger partial charge is 0.267 e. The predicted molar refractivity (Wildman–Crippen MR) is 95.4 cm³/mol. The zero-order valence-electron chi connectivity index (χ0n) is 13.8. The van der Waals surface area contributed by atoms with Crippen molar-refractivity contribution in [2.75, 3.05) is 6.61 Å². The molecule has 4 nitrogen and oxygen atoms in total. The maximum atomic E-state index is 12.2. The lowest BCUT2D eigenvalue weighted by molar-refractivity contribution is 0.340. The van der Waals surface area contributed by atoms with Crippen molar-refractivity contribution in [3.8, 4) is 17.0 Å². The van der Waals surface area contributed by atoms with E-state index in [-0.39, 0.29) is 11.6 Å². The average Bonchev–Trinajstić information content (AvgIpc) is 2.63. The lowest BCUT2D eigenvalue weighted by atomic mass is 10.1. The monoisotopic (exact) mass is 320 g/mol. The van der Waals surface area contributed by atoms with Crippen LogP contribution in [0.25, 0.3) is 11.3 Å². The number of rotatable bonds is 5. The normalized spacial score (nSPS) is 11.9. The first-order valence-electron chi connectivity index (χ1n) is 8.07. The van der Waals surface area contributed by atoms with Crippen molar-refractivity contribution in [3.05, 3.63) is 82.6 Å². The Morgan fingerprint density at radius 3 is 2.38 bits per heavy atom. The van der Waals surface area contributed by atoms with Crippen LogP contribution in [0.3, 0.4) is 0 Å². The van der Waals surface area contributed by atoms with Gasteiger partial charge in [-0.25, -0.2) is 4.68 Å². The van der Waals surface area contributed by atoms with Crippen LogP contribution >= 0.6 is 0 Å². The summed E-state index contributed by atoms with van der Waals surface area (Å²) in [5.41, 5.74) is 2.66. The molecule has 0 bridgehead atoms. The molecular weight excluding hydrogens is 300 g/mol. The number of aromatic nitrogens is 2. The van der Waals surface area contributed by atoms with Crippen molar-refractivity contribution in [2.24, 2.45) is 0 Å². The van der Waals surface area contributed by atoms with Gasteiger partial charge >= 0.3 is 0 Å². The molecule has 2 aromatic carbocycles. The van der Waals surface area contributed by atoms with Crippen molar-refractivity contribution in [1.29, 1.82) is 0 Å². The zero-order valence-corrected chi connectivity index (χ0v) is 13.8. The van der Waals surface area contributed by atoms with E-state index in [1.807, 2.05) is 68.4 Å². The molecule has 1 aromatic heterocycles. The highest BCUT2D eigenvalue weighted by Crippen LogP contribution is 2.21. The van der Waals surface area contributed by atoms with E-state index in [0.29, 0.717) is 6.61 Å². The molecule has 0 aliphatic rings. The fourth-order valence-corrected chi connectivity index (χ4v) is 2.62. The van der Waals surface area contributed by atoms with Gasteiger partial charge in [0, 0.05) is 11.6 Å². The fourth-order valence-electron chi connectivity index (χ4n) is 2.62. The number of hydrogen-bond donors (Lipinski definition) is 0. The van der Waals surface area contributed by atoms with Crippen LogP contribution in [-0.2, 0) is 0 Å². The van der Waals surface area contributed by atoms with Crippen LogP contribution in [-0.4, -0.2) is 16.4 Å². The molecule has 3 rings (SSSR count). The van der Waals surface area contributed by atoms with Gasteiger partial charge in [0.05, 0.1) is 18.3 Å². The van der Waals surface area contributed by atoms with E-state index in [0.717, 1.165) is 22.6 Å². The van der Waals surface area contributed by atoms with Crippen LogP contribution < -0.4 is 10.3 Å². The molecule has 0 radical (unpaired) electrons. The maximum absolute atomic E-state index is 12.2. The SMILES string of the molecule is CCOc1ccc(-c2ccc(=O)n(C(C)c3ccccc3)n2)cc1. The molecule has 0 saturated carbocycles. The molecule has 1 atom stereocenters. The van der Waals surface area contributed by atoms with Gasteiger partial charge in [-0.1, -0.05) is 30.3 Å². The molecule has 0 amide bonds. The molecule has 122 valence electrons. The molecular formula is C20H20N2O2. The lowest BCUT2D eigenvalue weighted by Gasteiger charge is -2.15. The number of hydrogen-bond acceptors (Lipinski definition) is 3. The zero-order chi connectivity index (χ0) is 16.9. The molecule has 1 heterocycles. The quantitative estimate of drug-likeness (QED) is 0.716. The first-order chi connectivity index (χ1) is 11.7. The first-order valence-corrected chi connectivity index (χ1v) is 8.07. The van der Waals surface area contributed by atoms with Crippen LogP contribution in [0.1, 0.15) is 25.5 Å². The Morgan fingerprint density at radius 2 is 1.71 bits per heavy atom. The van der Waals surface area contributed by atoms with Gasteiger partial charge in [-0.2, -0.15) is 5.10 Å². The molecule has 0 N–H and O–H groups in total. The predicted octanol–water partition coefficient (Wildman–Crippen LogP) is 3.92. The minimum Gasteiger partial charge on any atom is -0.494 e. The molecule has 4 heteroatoms. The Labute approximate surface area is 141 Å². The summed E-state index contributed by atoms with van der Waals surface area (Å²) in [6, 6.07) is 20.8. The summed E-state index contributed by atoms with van der Waals surface area (Å²) in [6.45, 7) is 4.57. The van der Waals surface area contributed by atoms with E-state index in [1.165, 1.54) is 4.68 Å². The van der Waals surface area contributed by atoms with E-state index in [9.17, 15) is 4.79 Å². The Balaban J connectivity index is 1.95. The summed E-state index contributed by atoms with van der Waals surface area (Å²) >= 11 is 0. The molecule has 0 fully saturated rings. The Hall–Kier alpha value is -2.88. The fraction of sp³-hybridized carbons (Fsp3) is 0.200. The van der Waals surface area contributed by atoms with E-state index in [1.54, 1.807) is 12.1 Å². The highest BCUT2D eigenvalue weighted by Gasteiger charge is 2.12. The van der Waals surface area contributed by atoms with Crippen LogP contribution in [0.15, 0.2) is 71.5 Å². The van der Waals surface area contributed by atoms with Crippen LogP contribution in [0.2, 0.25) is 0 Å². The van der Waals surface area contributed by atoms with E-state index in [2.05, 4.69) is 5.10 Å². The molecule has 0 aliphatic heterocycles. The van der Waals surface area contributed by atoms with Gasteiger partial charge in [0.25, 0.3) is 5.56 Å². The van der Waals surface area contributed by atoms with Crippen LogP contribution in [0.5, 0.6) is 5.75 Å². The molecule has 1 unspecified atom stereocenters.